The Morgan fingerprint density at radius 2 is 1.03 bits per heavy atom. The number of hydrogen-bond donors (Lipinski definition) is 0. The number of benzene rings is 4. The Hall–Kier alpha value is -3.64. The molecule has 0 N–H and O–H groups in total. The molecule has 0 fully saturated rings. The highest BCUT2D eigenvalue weighted by Gasteiger charge is 2.37. The van der Waals surface area contributed by atoms with E-state index in [4.69, 9.17) is 4.98 Å². The predicted molar refractivity (Wildman–Crippen MR) is 138 cm³/mol. The summed E-state index contributed by atoms with van der Waals surface area (Å²) >= 11 is 0. The molecule has 5 aromatic rings. The summed E-state index contributed by atoms with van der Waals surface area (Å²) in [6, 6.07) is 18.8. The molecule has 0 aliphatic carbocycles. The van der Waals surface area contributed by atoms with Gasteiger partial charge < -0.3 is 4.57 Å². The van der Waals surface area contributed by atoms with E-state index in [1.54, 1.807) is 12.1 Å². The van der Waals surface area contributed by atoms with Crippen LogP contribution in [0.4, 0.5) is 26.3 Å². The molecule has 38 heavy (non-hydrogen) atoms. The molecular formula is C29H20F6NOP. The number of aryl methyl sites for hydroxylation is 2. The van der Waals surface area contributed by atoms with Crippen molar-refractivity contribution in [3.8, 4) is 0 Å². The number of halogens is 6. The number of pyridine rings is 1. The van der Waals surface area contributed by atoms with Crippen molar-refractivity contribution >= 4 is 44.9 Å². The number of aromatic nitrogens is 1. The fourth-order valence-electron chi connectivity index (χ4n) is 4.57. The summed E-state index contributed by atoms with van der Waals surface area (Å²) in [7, 11) is -4.05. The quantitative estimate of drug-likeness (QED) is 0.133. The minimum Gasteiger partial charge on any atom is -0.307 e. The summed E-state index contributed by atoms with van der Waals surface area (Å²) in [5, 5.41) is 2.12. The third-order valence-electron chi connectivity index (χ3n) is 6.50. The van der Waals surface area contributed by atoms with E-state index >= 15 is 4.57 Å². The Kier molecular flexibility index (Phi) is 6.14. The molecular weight excluding hydrogens is 523 g/mol. The van der Waals surface area contributed by atoms with Crippen LogP contribution in [-0.4, -0.2) is 4.98 Å². The molecule has 9 heteroatoms. The van der Waals surface area contributed by atoms with Crippen molar-refractivity contribution in [2.75, 3.05) is 0 Å². The molecule has 1 aromatic heterocycles. The first kappa shape index (κ1) is 26.0. The Morgan fingerprint density at radius 1 is 0.579 bits per heavy atom. The first-order valence-electron chi connectivity index (χ1n) is 11.6. The van der Waals surface area contributed by atoms with Gasteiger partial charge in [-0.25, -0.2) is 4.98 Å². The van der Waals surface area contributed by atoms with E-state index < -0.39 is 30.6 Å². The molecule has 0 atom stereocenters. The average molecular weight is 543 g/mol. The Bertz CT molecular complexity index is 1660. The molecule has 5 rings (SSSR count). The van der Waals surface area contributed by atoms with Gasteiger partial charge in [-0.1, -0.05) is 53.6 Å². The lowest BCUT2D eigenvalue weighted by molar-refractivity contribution is -0.138. The largest absolute Gasteiger partial charge is 0.416 e. The summed E-state index contributed by atoms with van der Waals surface area (Å²) in [5.41, 5.74) is 0.570. The van der Waals surface area contributed by atoms with E-state index in [1.807, 2.05) is 38.1 Å². The molecule has 1 heterocycles. The Morgan fingerprint density at radius 3 is 1.50 bits per heavy atom. The van der Waals surface area contributed by atoms with Gasteiger partial charge >= 0.3 is 12.4 Å². The van der Waals surface area contributed by atoms with Crippen LogP contribution in [0.15, 0.2) is 84.9 Å². The first-order chi connectivity index (χ1) is 17.8. The van der Waals surface area contributed by atoms with Crippen LogP contribution in [0.2, 0.25) is 0 Å². The van der Waals surface area contributed by atoms with Crippen LogP contribution in [-0.2, 0) is 16.9 Å². The van der Waals surface area contributed by atoms with Crippen LogP contribution in [0.1, 0.15) is 22.3 Å². The van der Waals surface area contributed by atoms with E-state index in [0.717, 1.165) is 70.4 Å². The van der Waals surface area contributed by atoms with Gasteiger partial charge in [-0.3, -0.25) is 0 Å². The van der Waals surface area contributed by atoms with Gasteiger partial charge in [0.2, 0.25) is 0 Å². The maximum atomic E-state index is 15.2. The van der Waals surface area contributed by atoms with Gasteiger partial charge in [0, 0.05) is 21.4 Å². The van der Waals surface area contributed by atoms with Gasteiger partial charge in [-0.15, -0.1) is 0 Å². The zero-order chi connectivity index (χ0) is 27.5. The van der Waals surface area contributed by atoms with Crippen molar-refractivity contribution in [2.45, 2.75) is 26.2 Å². The lowest BCUT2D eigenvalue weighted by Gasteiger charge is -2.23. The third kappa shape index (κ3) is 4.47. The molecule has 0 saturated heterocycles. The van der Waals surface area contributed by atoms with Crippen molar-refractivity contribution in [3.63, 3.8) is 0 Å². The molecule has 0 bridgehead atoms. The summed E-state index contributed by atoms with van der Waals surface area (Å²) in [6.45, 7) is 3.76. The number of alkyl halides is 6. The van der Waals surface area contributed by atoms with Gasteiger partial charge in [-0.2, -0.15) is 26.3 Å². The molecule has 0 unspecified atom stereocenters. The second-order valence-corrected chi connectivity index (χ2v) is 11.9. The highest BCUT2D eigenvalue weighted by Crippen LogP contribution is 2.46. The van der Waals surface area contributed by atoms with E-state index in [-0.39, 0.29) is 16.0 Å². The highest BCUT2D eigenvalue weighted by atomic mass is 31.2. The standard InChI is InChI=1S/C29H20F6NOP/c1-17-3-13-23-24-15-18(2)4-14-26(24)36-27(25(23)16-17)38(37,21-9-5-19(6-10-21)28(30,31)32)22-11-7-20(8-12-22)29(33,34)35/h3-16H,1-2H3. The summed E-state index contributed by atoms with van der Waals surface area (Å²) in [6.07, 6.45) is -9.22. The van der Waals surface area contributed by atoms with Crippen molar-refractivity contribution in [2.24, 2.45) is 0 Å². The molecule has 0 aliphatic heterocycles. The second-order valence-electron chi connectivity index (χ2n) is 9.20. The lowest BCUT2D eigenvalue weighted by Crippen LogP contribution is -2.28. The summed E-state index contributed by atoms with van der Waals surface area (Å²) in [5.74, 6) is 0. The fraction of sp³-hybridized carbons (Fsp3) is 0.138. The zero-order valence-electron chi connectivity index (χ0n) is 20.2. The molecule has 4 aromatic carbocycles. The molecule has 0 saturated carbocycles. The number of nitrogens with zero attached hydrogens (tertiary/aromatic N) is 1. The van der Waals surface area contributed by atoms with Gasteiger partial charge in [0.1, 0.15) is 5.44 Å². The number of fused-ring (bicyclic) bond motifs is 3. The van der Waals surface area contributed by atoms with E-state index in [0.29, 0.717) is 10.9 Å². The predicted octanol–water partition coefficient (Wildman–Crippen LogP) is 7.68. The third-order valence-corrected chi connectivity index (χ3v) is 9.49. The molecule has 2 nitrogen and oxygen atoms in total. The molecule has 0 amide bonds. The van der Waals surface area contributed by atoms with Crippen molar-refractivity contribution in [3.05, 3.63) is 107 Å². The second kappa shape index (κ2) is 8.98. The van der Waals surface area contributed by atoms with Crippen LogP contribution in [0.25, 0.3) is 21.7 Å². The van der Waals surface area contributed by atoms with Crippen LogP contribution in [0.5, 0.6) is 0 Å². The molecule has 0 spiro atoms. The number of hydrogen-bond acceptors (Lipinski definition) is 2. The van der Waals surface area contributed by atoms with E-state index in [2.05, 4.69) is 0 Å². The van der Waals surface area contributed by atoms with Crippen molar-refractivity contribution < 1.29 is 30.9 Å². The Balaban J connectivity index is 1.87. The zero-order valence-corrected chi connectivity index (χ0v) is 21.0. The van der Waals surface area contributed by atoms with Crippen molar-refractivity contribution in [1.82, 2.24) is 4.98 Å². The molecule has 0 radical (unpaired) electrons. The van der Waals surface area contributed by atoms with Crippen molar-refractivity contribution in [1.29, 1.82) is 0 Å². The van der Waals surface area contributed by atoms with Gasteiger partial charge in [0.15, 0.2) is 7.14 Å². The van der Waals surface area contributed by atoms with Crippen LogP contribution in [0, 0.1) is 13.8 Å². The maximum absolute atomic E-state index is 15.2. The van der Waals surface area contributed by atoms with Crippen LogP contribution >= 0.6 is 7.14 Å². The fourth-order valence-corrected chi connectivity index (χ4v) is 7.27. The Labute approximate surface area is 214 Å². The lowest BCUT2D eigenvalue weighted by atomic mass is 10.0. The monoisotopic (exact) mass is 543 g/mol. The SMILES string of the molecule is Cc1ccc2c(c1)c(P(=O)(c1ccc(C(F)(F)F)cc1)c1ccc(C(F)(F)F)cc1)nc1ccc(C)cc12. The topological polar surface area (TPSA) is 30.0 Å². The smallest absolute Gasteiger partial charge is 0.307 e. The molecule has 194 valence electrons. The van der Waals surface area contributed by atoms with E-state index in [1.165, 1.54) is 0 Å². The van der Waals surface area contributed by atoms with Gasteiger partial charge in [-0.05, 0) is 61.7 Å². The summed E-state index contributed by atoms with van der Waals surface area (Å²) in [4.78, 5) is 4.75. The number of rotatable bonds is 3. The van der Waals surface area contributed by atoms with Crippen LogP contribution < -0.4 is 16.0 Å². The minimum atomic E-state index is -4.61. The van der Waals surface area contributed by atoms with Crippen LogP contribution in [0.3, 0.4) is 0 Å². The minimum absolute atomic E-state index is 0.0343. The molecule has 0 aliphatic rings. The normalized spacial score (nSPS) is 12.8. The average Bonchev–Trinajstić information content (AvgIpc) is 2.87. The van der Waals surface area contributed by atoms with Gasteiger partial charge in [0.25, 0.3) is 0 Å². The maximum Gasteiger partial charge on any atom is 0.416 e. The highest BCUT2D eigenvalue weighted by molar-refractivity contribution is 7.85. The summed E-state index contributed by atoms with van der Waals surface area (Å²) < 4.78 is 94.9. The van der Waals surface area contributed by atoms with Gasteiger partial charge in [0.05, 0.1) is 16.6 Å². The first-order valence-corrected chi connectivity index (χ1v) is 13.3. The van der Waals surface area contributed by atoms with E-state index in [9.17, 15) is 26.3 Å².